The van der Waals surface area contributed by atoms with E-state index in [0.717, 1.165) is 0 Å². The van der Waals surface area contributed by atoms with Gasteiger partial charge in [-0.15, -0.1) is 11.3 Å². The first-order valence-electron chi connectivity index (χ1n) is 7.68. The molecule has 1 N–H and O–H groups in total. The number of hydrogen-bond donors (Lipinski definition) is 1. The number of fused-ring (bicyclic) bond motifs is 1. The van der Waals surface area contributed by atoms with Gasteiger partial charge in [0.1, 0.15) is 0 Å². The van der Waals surface area contributed by atoms with Crippen LogP contribution in [-0.2, 0) is 9.53 Å². The number of thiophene rings is 1. The van der Waals surface area contributed by atoms with Gasteiger partial charge in [0.2, 0.25) is 0 Å². The average Bonchev–Trinajstić information content (AvgIpc) is 3.05. The molecule has 0 unspecified atom stereocenters. The fourth-order valence-corrected chi connectivity index (χ4v) is 3.08. The Morgan fingerprint density at radius 3 is 2.81 bits per heavy atom. The van der Waals surface area contributed by atoms with Gasteiger partial charge in [0.05, 0.1) is 28.7 Å². The SMILES string of the molecule is O=C(COC(=O)c1cc(Cl)c2c(c1)OCCCO2)NC(=O)c1cccs1. The summed E-state index contributed by atoms with van der Waals surface area (Å²) in [6.07, 6.45) is 0.698. The zero-order chi connectivity index (χ0) is 18.5. The predicted molar refractivity (Wildman–Crippen MR) is 94.1 cm³/mol. The summed E-state index contributed by atoms with van der Waals surface area (Å²) < 4.78 is 15.9. The molecule has 0 saturated heterocycles. The normalized spacial score (nSPS) is 12.8. The minimum absolute atomic E-state index is 0.122. The summed E-state index contributed by atoms with van der Waals surface area (Å²) in [5, 5.41) is 4.08. The second-order valence-electron chi connectivity index (χ2n) is 5.27. The number of carbonyl (C=O) groups excluding carboxylic acids is 3. The molecule has 0 aliphatic carbocycles. The van der Waals surface area contributed by atoms with Crippen LogP contribution < -0.4 is 14.8 Å². The van der Waals surface area contributed by atoms with Crippen molar-refractivity contribution in [1.82, 2.24) is 5.32 Å². The molecule has 0 spiro atoms. The number of benzene rings is 1. The smallest absolute Gasteiger partial charge is 0.338 e. The molecule has 1 aromatic carbocycles. The first-order valence-corrected chi connectivity index (χ1v) is 8.94. The van der Waals surface area contributed by atoms with Gasteiger partial charge in [-0.25, -0.2) is 4.79 Å². The first-order chi connectivity index (χ1) is 12.5. The molecular weight excluding hydrogens is 382 g/mol. The summed E-state index contributed by atoms with van der Waals surface area (Å²) in [4.78, 5) is 36.0. The predicted octanol–water partition coefficient (Wildman–Crippen LogP) is 2.68. The van der Waals surface area contributed by atoms with E-state index in [0.29, 0.717) is 36.0 Å². The van der Waals surface area contributed by atoms with E-state index < -0.39 is 24.4 Å². The molecule has 0 radical (unpaired) electrons. The van der Waals surface area contributed by atoms with Crippen molar-refractivity contribution in [2.75, 3.05) is 19.8 Å². The van der Waals surface area contributed by atoms with Crippen molar-refractivity contribution in [3.63, 3.8) is 0 Å². The van der Waals surface area contributed by atoms with Crippen molar-refractivity contribution in [2.24, 2.45) is 0 Å². The zero-order valence-corrected chi connectivity index (χ0v) is 15.0. The number of halogens is 1. The maximum absolute atomic E-state index is 12.1. The fraction of sp³-hybridized carbons (Fsp3) is 0.235. The van der Waals surface area contributed by atoms with Gasteiger partial charge in [0, 0.05) is 6.42 Å². The molecule has 9 heteroatoms. The molecule has 26 heavy (non-hydrogen) atoms. The van der Waals surface area contributed by atoms with Crippen LogP contribution in [0.25, 0.3) is 0 Å². The number of carbonyl (C=O) groups is 3. The highest BCUT2D eigenvalue weighted by molar-refractivity contribution is 7.12. The highest BCUT2D eigenvalue weighted by Gasteiger charge is 2.20. The average molecular weight is 396 g/mol. The number of ether oxygens (including phenoxy) is 3. The van der Waals surface area contributed by atoms with Crippen LogP contribution in [0.1, 0.15) is 26.5 Å². The van der Waals surface area contributed by atoms with Crippen LogP contribution in [0.15, 0.2) is 29.6 Å². The fourth-order valence-electron chi connectivity index (χ4n) is 2.20. The van der Waals surface area contributed by atoms with Crippen LogP contribution in [0, 0.1) is 0 Å². The van der Waals surface area contributed by atoms with Gasteiger partial charge in [0.15, 0.2) is 18.1 Å². The monoisotopic (exact) mass is 395 g/mol. The molecule has 136 valence electrons. The molecule has 3 rings (SSSR count). The lowest BCUT2D eigenvalue weighted by molar-refractivity contribution is -0.123. The standard InChI is InChI=1S/C17H14ClNO6S/c18-11-7-10(8-12-15(11)24-5-2-4-23-12)17(22)25-9-14(20)19-16(21)13-3-1-6-26-13/h1,3,6-8H,2,4-5,9H2,(H,19,20,21). The van der Waals surface area contributed by atoms with Crippen molar-refractivity contribution in [3.05, 3.63) is 45.1 Å². The Labute approximate surface area is 157 Å². The lowest BCUT2D eigenvalue weighted by atomic mass is 10.2. The minimum Gasteiger partial charge on any atom is -0.489 e. The summed E-state index contributed by atoms with van der Waals surface area (Å²) in [6, 6.07) is 6.10. The largest absolute Gasteiger partial charge is 0.489 e. The lowest BCUT2D eigenvalue weighted by Gasteiger charge is -2.11. The van der Waals surface area contributed by atoms with Gasteiger partial charge >= 0.3 is 5.97 Å². The van der Waals surface area contributed by atoms with Crippen molar-refractivity contribution in [3.8, 4) is 11.5 Å². The van der Waals surface area contributed by atoms with E-state index in [1.807, 2.05) is 0 Å². The second-order valence-corrected chi connectivity index (χ2v) is 6.62. The number of hydrogen-bond acceptors (Lipinski definition) is 7. The third-order valence-electron chi connectivity index (χ3n) is 3.37. The van der Waals surface area contributed by atoms with Gasteiger partial charge in [0.25, 0.3) is 11.8 Å². The molecule has 2 aromatic rings. The van der Waals surface area contributed by atoms with Crippen LogP contribution in [0.5, 0.6) is 11.5 Å². The Bertz CT molecular complexity index is 836. The van der Waals surface area contributed by atoms with Crippen molar-refractivity contribution in [1.29, 1.82) is 0 Å². The van der Waals surface area contributed by atoms with Crippen molar-refractivity contribution >= 4 is 40.7 Å². The molecule has 0 saturated carbocycles. The van der Waals surface area contributed by atoms with Crippen molar-refractivity contribution in [2.45, 2.75) is 6.42 Å². The minimum atomic E-state index is -0.763. The summed E-state index contributed by atoms with van der Waals surface area (Å²) in [7, 11) is 0. The van der Waals surface area contributed by atoms with E-state index in [2.05, 4.69) is 5.32 Å². The third kappa shape index (κ3) is 4.33. The maximum atomic E-state index is 12.1. The highest BCUT2D eigenvalue weighted by Crippen LogP contribution is 2.38. The molecule has 0 fully saturated rings. The summed E-state index contributed by atoms with van der Waals surface area (Å²) in [6.45, 7) is 0.312. The summed E-state index contributed by atoms with van der Waals surface area (Å²) in [5.41, 5.74) is 0.122. The molecule has 1 aliphatic heterocycles. The molecule has 0 atom stereocenters. The van der Waals surface area contributed by atoms with Gasteiger partial charge in [-0.3, -0.25) is 14.9 Å². The van der Waals surface area contributed by atoms with Gasteiger partial charge in [-0.2, -0.15) is 0 Å². The Balaban J connectivity index is 1.59. The van der Waals surface area contributed by atoms with E-state index in [-0.39, 0.29) is 10.6 Å². The molecule has 2 amide bonds. The molecular formula is C17H14ClNO6S. The van der Waals surface area contributed by atoms with Gasteiger partial charge in [-0.1, -0.05) is 17.7 Å². The van der Waals surface area contributed by atoms with Crippen molar-refractivity contribution < 1.29 is 28.6 Å². The Kier molecular flexibility index (Phi) is 5.75. The van der Waals surface area contributed by atoms with E-state index in [1.54, 1.807) is 17.5 Å². The van der Waals surface area contributed by atoms with E-state index in [9.17, 15) is 14.4 Å². The topological polar surface area (TPSA) is 90.9 Å². The van der Waals surface area contributed by atoms with Crippen LogP contribution in [0.2, 0.25) is 5.02 Å². The molecule has 7 nitrogen and oxygen atoms in total. The Hall–Kier alpha value is -2.58. The first kappa shape index (κ1) is 18.2. The Morgan fingerprint density at radius 1 is 1.23 bits per heavy atom. The maximum Gasteiger partial charge on any atom is 0.338 e. The number of esters is 1. The molecule has 1 aromatic heterocycles. The van der Waals surface area contributed by atoms with Crippen LogP contribution in [-0.4, -0.2) is 37.6 Å². The number of imide groups is 1. The number of amides is 2. The third-order valence-corrected chi connectivity index (χ3v) is 4.52. The van der Waals surface area contributed by atoms with E-state index >= 15 is 0 Å². The second kappa shape index (κ2) is 8.20. The van der Waals surface area contributed by atoms with Crippen LogP contribution in [0.3, 0.4) is 0 Å². The number of nitrogens with one attached hydrogen (secondary N) is 1. The van der Waals surface area contributed by atoms with E-state index in [4.69, 9.17) is 25.8 Å². The molecule has 0 bridgehead atoms. The van der Waals surface area contributed by atoms with Crippen LogP contribution in [0.4, 0.5) is 0 Å². The van der Waals surface area contributed by atoms with Gasteiger partial charge in [-0.05, 0) is 23.6 Å². The summed E-state index contributed by atoms with van der Waals surface area (Å²) >= 11 is 7.32. The summed E-state index contributed by atoms with van der Waals surface area (Å²) in [5.74, 6) is -1.31. The molecule has 2 heterocycles. The number of rotatable bonds is 4. The van der Waals surface area contributed by atoms with E-state index in [1.165, 1.54) is 23.5 Å². The molecule has 1 aliphatic rings. The Morgan fingerprint density at radius 2 is 2.04 bits per heavy atom. The van der Waals surface area contributed by atoms with Gasteiger partial charge < -0.3 is 14.2 Å². The lowest BCUT2D eigenvalue weighted by Crippen LogP contribution is -2.33. The van der Waals surface area contributed by atoms with Crippen LogP contribution >= 0.6 is 22.9 Å². The zero-order valence-electron chi connectivity index (χ0n) is 13.5. The quantitative estimate of drug-likeness (QED) is 0.800. The highest BCUT2D eigenvalue weighted by atomic mass is 35.5.